The van der Waals surface area contributed by atoms with Crippen molar-refractivity contribution < 1.29 is 0 Å². The van der Waals surface area contributed by atoms with Crippen LogP contribution in [0.1, 0.15) is 5.56 Å². The lowest BCUT2D eigenvalue weighted by Gasteiger charge is -2.26. The van der Waals surface area contributed by atoms with E-state index in [0.717, 1.165) is 11.1 Å². The van der Waals surface area contributed by atoms with Gasteiger partial charge in [0.1, 0.15) is 0 Å². The van der Waals surface area contributed by atoms with E-state index in [1.165, 1.54) is 5.56 Å². The summed E-state index contributed by atoms with van der Waals surface area (Å²) in [7, 11) is 0. The quantitative estimate of drug-likeness (QED) is 0.441. The van der Waals surface area contributed by atoms with Crippen molar-refractivity contribution in [3.8, 4) is 0 Å². The SMILES string of the molecule is S[C-]1C=Cc2ccccc2N1. The molecule has 1 N–H and O–H groups in total. The maximum Gasteiger partial charge on any atom is 0.0119 e. The van der Waals surface area contributed by atoms with Gasteiger partial charge >= 0.3 is 0 Å². The normalized spacial score (nSPS) is 14.1. The Kier molecular flexibility index (Phi) is 1.55. The monoisotopic (exact) mass is 162 g/mol. The number of hydrogen-bond donors (Lipinski definition) is 2. The smallest absolute Gasteiger partial charge is 0.0119 e. The molecule has 0 saturated heterocycles. The summed E-state index contributed by atoms with van der Waals surface area (Å²) in [6.45, 7) is 0. The molecule has 0 saturated carbocycles. The summed E-state index contributed by atoms with van der Waals surface area (Å²) in [5, 5.41) is 4.05. The van der Waals surface area contributed by atoms with Crippen LogP contribution in [0.15, 0.2) is 30.3 Å². The molecule has 1 heterocycles. The van der Waals surface area contributed by atoms with Crippen LogP contribution < -0.4 is 5.32 Å². The van der Waals surface area contributed by atoms with Crippen LogP contribution >= 0.6 is 12.6 Å². The maximum atomic E-state index is 4.20. The number of anilines is 1. The molecule has 0 bridgehead atoms. The zero-order valence-electron chi connectivity index (χ0n) is 5.91. The van der Waals surface area contributed by atoms with Crippen molar-refractivity contribution >= 4 is 24.4 Å². The molecule has 1 aromatic rings. The minimum Gasteiger partial charge on any atom is -0.429 e. The molecule has 2 rings (SSSR count). The highest BCUT2D eigenvalue weighted by molar-refractivity contribution is 7.83. The summed E-state index contributed by atoms with van der Waals surface area (Å²) in [5.41, 5.74) is 2.34. The van der Waals surface area contributed by atoms with Crippen molar-refractivity contribution in [3.05, 3.63) is 41.3 Å². The number of fused-ring (bicyclic) bond motifs is 1. The van der Waals surface area contributed by atoms with Crippen LogP contribution in [-0.4, -0.2) is 0 Å². The van der Waals surface area contributed by atoms with Gasteiger partial charge in [0.05, 0.1) is 0 Å². The van der Waals surface area contributed by atoms with Gasteiger partial charge in [0.25, 0.3) is 0 Å². The van der Waals surface area contributed by atoms with E-state index < -0.39 is 0 Å². The number of rotatable bonds is 0. The van der Waals surface area contributed by atoms with Crippen molar-refractivity contribution in [2.75, 3.05) is 5.32 Å². The molecule has 56 valence electrons. The summed E-state index contributed by atoms with van der Waals surface area (Å²) < 4.78 is 0. The molecule has 0 unspecified atom stereocenters. The van der Waals surface area contributed by atoms with Gasteiger partial charge in [0.2, 0.25) is 0 Å². The average Bonchev–Trinajstić information content (AvgIpc) is 2.04. The van der Waals surface area contributed by atoms with Gasteiger partial charge in [-0.1, -0.05) is 29.1 Å². The van der Waals surface area contributed by atoms with Crippen molar-refractivity contribution in [1.82, 2.24) is 0 Å². The summed E-state index contributed by atoms with van der Waals surface area (Å²) in [6, 6.07) is 8.13. The molecule has 11 heavy (non-hydrogen) atoms. The Hall–Kier alpha value is -1.02. The number of thiol groups is 1. The van der Waals surface area contributed by atoms with E-state index in [4.69, 9.17) is 0 Å². The largest absolute Gasteiger partial charge is 0.429 e. The third-order valence-corrected chi connectivity index (χ3v) is 1.91. The van der Waals surface area contributed by atoms with Gasteiger partial charge in [0.15, 0.2) is 0 Å². The first-order valence-corrected chi connectivity index (χ1v) is 3.91. The molecule has 1 aliphatic rings. The molecule has 2 heteroatoms. The highest BCUT2D eigenvalue weighted by Crippen LogP contribution is 2.26. The number of benzene rings is 1. The Morgan fingerprint density at radius 1 is 1.27 bits per heavy atom. The van der Waals surface area contributed by atoms with Gasteiger partial charge in [0, 0.05) is 5.69 Å². The lowest BCUT2D eigenvalue weighted by molar-refractivity contribution is 1.41. The van der Waals surface area contributed by atoms with E-state index in [2.05, 4.69) is 24.0 Å². The standard InChI is InChI=1S/C9H8NS/c11-9-6-5-7-3-1-2-4-8(7)10-9/h1-6,10-11H/q-1. The van der Waals surface area contributed by atoms with E-state index >= 15 is 0 Å². The molecule has 0 atom stereocenters. The number of nitrogens with one attached hydrogen (secondary N) is 1. The first kappa shape index (κ1) is 6.68. The van der Waals surface area contributed by atoms with Gasteiger partial charge in [-0.15, -0.1) is 0 Å². The molecule has 0 spiro atoms. The highest BCUT2D eigenvalue weighted by atomic mass is 32.1. The Bertz CT molecular complexity index is 293. The van der Waals surface area contributed by atoms with E-state index in [0.29, 0.717) is 0 Å². The molecule has 1 aromatic carbocycles. The molecule has 0 aromatic heterocycles. The van der Waals surface area contributed by atoms with Gasteiger partial charge < -0.3 is 5.32 Å². The second-order valence-corrected chi connectivity index (χ2v) is 2.91. The first-order chi connectivity index (χ1) is 5.36. The summed E-state index contributed by atoms with van der Waals surface area (Å²) in [4.78, 5) is 0. The van der Waals surface area contributed by atoms with Gasteiger partial charge in [-0.25, -0.2) is 12.6 Å². The van der Waals surface area contributed by atoms with Crippen LogP contribution in [0.2, 0.25) is 0 Å². The van der Waals surface area contributed by atoms with E-state index in [1.54, 1.807) is 0 Å². The fourth-order valence-electron chi connectivity index (χ4n) is 1.10. The van der Waals surface area contributed by atoms with Crippen LogP contribution in [0, 0.1) is 5.37 Å². The molecule has 0 aliphatic carbocycles. The Labute approximate surface area is 71.5 Å². The van der Waals surface area contributed by atoms with Crippen molar-refractivity contribution in [3.63, 3.8) is 0 Å². The first-order valence-electron chi connectivity index (χ1n) is 3.46. The highest BCUT2D eigenvalue weighted by Gasteiger charge is 1.97. The van der Waals surface area contributed by atoms with Crippen LogP contribution in [0.25, 0.3) is 6.08 Å². The minimum atomic E-state index is 0.892. The molecule has 1 aliphatic heterocycles. The number of para-hydroxylation sites is 1. The van der Waals surface area contributed by atoms with Crippen molar-refractivity contribution in [2.24, 2.45) is 0 Å². The van der Waals surface area contributed by atoms with Crippen LogP contribution in [0.4, 0.5) is 5.69 Å². The van der Waals surface area contributed by atoms with Crippen LogP contribution in [0.5, 0.6) is 0 Å². The predicted molar refractivity (Wildman–Crippen MR) is 51.3 cm³/mol. The second-order valence-electron chi connectivity index (χ2n) is 2.43. The zero-order valence-corrected chi connectivity index (χ0v) is 6.81. The third-order valence-electron chi connectivity index (χ3n) is 1.64. The maximum absolute atomic E-state index is 4.20. The molecule has 0 amide bonds. The van der Waals surface area contributed by atoms with E-state index in [-0.39, 0.29) is 0 Å². The Balaban J connectivity index is 2.46. The average molecular weight is 162 g/mol. The molecule has 1 nitrogen and oxygen atoms in total. The summed E-state index contributed by atoms with van der Waals surface area (Å²) >= 11 is 4.20. The van der Waals surface area contributed by atoms with Gasteiger partial charge in [-0.2, -0.15) is 12.2 Å². The lowest BCUT2D eigenvalue weighted by Crippen LogP contribution is -2.05. The Morgan fingerprint density at radius 2 is 2.09 bits per heavy atom. The minimum absolute atomic E-state index is 0.892. The lowest BCUT2D eigenvalue weighted by atomic mass is 10.1. The number of hydrogen-bond acceptors (Lipinski definition) is 2. The zero-order chi connectivity index (χ0) is 7.68. The van der Waals surface area contributed by atoms with E-state index in [1.807, 2.05) is 30.4 Å². The second kappa shape index (κ2) is 2.55. The molecular formula is C9H8NS-. The molecule has 0 fully saturated rings. The van der Waals surface area contributed by atoms with Crippen LogP contribution in [0.3, 0.4) is 0 Å². The Morgan fingerprint density at radius 3 is 3.00 bits per heavy atom. The third kappa shape index (κ3) is 1.21. The van der Waals surface area contributed by atoms with Crippen molar-refractivity contribution in [2.45, 2.75) is 0 Å². The summed E-state index contributed by atoms with van der Waals surface area (Å²) in [6.07, 6.45) is 4.00. The fraction of sp³-hybridized carbons (Fsp3) is 0. The van der Waals surface area contributed by atoms with Crippen molar-refractivity contribution in [1.29, 1.82) is 0 Å². The molecular weight excluding hydrogens is 154 g/mol. The fourth-order valence-corrected chi connectivity index (χ4v) is 1.30. The predicted octanol–water partition coefficient (Wildman–Crippen LogP) is 2.54. The van der Waals surface area contributed by atoms with Gasteiger partial charge in [-0.3, -0.25) is 0 Å². The van der Waals surface area contributed by atoms with Crippen LogP contribution in [-0.2, 0) is 0 Å². The van der Waals surface area contributed by atoms with Gasteiger partial charge in [-0.05, 0) is 6.07 Å². The summed E-state index contributed by atoms with van der Waals surface area (Å²) in [5.74, 6) is 0. The molecule has 0 radical (unpaired) electrons. The van der Waals surface area contributed by atoms with E-state index in [9.17, 15) is 0 Å². The topological polar surface area (TPSA) is 12.0 Å².